The number of aryl methyl sites for hydroxylation is 1. The molecule has 6 nitrogen and oxygen atoms in total. The molecule has 3 rings (SSSR count). The predicted molar refractivity (Wildman–Crippen MR) is 108 cm³/mol. The molecule has 0 saturated carbocycles. The Hall–Kier alpha value is -3.19. The summed E-state index contributed by atoms with van der Waals surface area (Å²) in [6, 6.07) is 18.8. The van der Waals surface area contributed by atoms with Gasteiger partial charge < -0.3 is 5.32 Å². The lowest BCUT2D eigenvalue weighted by molar-refractivity contribution is -0.119. The van der Waals surface area contributed by atoms with Gasteiger partial charge in [-0.1, -0.05) is 30.3 Å². The van der Waals surface area contributed by atoms with Gasteiger partial charge in [0.05, 0.1) is 10.6 Å². The molecule has 1 heterocycles. The minimum atomic E-state index is -3.89. The third-order valence-corrected chi connectivity index (χ3v) is 5.94. The molecule has 0 radical (unpaired) electrons. The van der Waals surface area contributed by atoms with E-state index in [1.54, 1.807) is 60.9 Å². The van der Waals surface area contributed by atoms with Crippen molar-refractivity contribution in [3.8, 4) is 0 Å². The van der Waals surface area contributed by atoms with Crippen molar-refractivity contribution < 1.29 is 13.2 Å². The molecule has 0 aliphatic rings. The molecule has 0 aliphatic heterocycles. The van der Waals surface area contributed by atoms with Gasteiger partial charge in [0.2, 0.25) is 5.91 Å². The molecule has 7 heteroatoms. The first kappa shape index (κ1) is 19.6. The Morgan fingerprint density at radius 2 is 1.71 bits per heavy atom. The molecule has 1 aromatic heterocycles. The second-order valence-corrected chi connectivity index (χ2v) is 8.16. The first-order chi connectivity index (χ1) is 13.5. The van der Waals surface area contributed by atoms with E-state index < -0.39 is 15.9 Å². The molecular weight excluding hydrogens is 374 g/mol. The van der Waals surface area contributed by atoms with Crippen LogP contribution in [0.4, 0.5) is 5.69 Å². The van der Waals surface area contributed by atoms with Crippen molar-refractivity contribution >= 4 is 21.6 Å². The molecule has 1 amide bonds. The minimum Gasteiger partial charge on any atom is -0.350 e. The van der Waals surface area contributed by atoms with Crippen LogP contribution in [-0.2, 0) is 21.4 Å². The lowest BCUT2D eigenvalue weighted by Gasteiger charge is -2.24. The highest BCUT2D eigenvalue weighted by Gasteiger charge is 2.27. The van der Waals surface area contributed by atoms with Crippen LogP contribution < -0.4 is 9.62 Å². The number of anilines is 1. The molecule has 3 aromatic rings. The van der Waals surface area contributed by atoms with E-state index in [1.807, 2.05) is 13.0 Å². The maximum Gasteiger partial charge on any atom is 0.264 e. The van der Waals surface area contributed by atoms with Gasteiger partial charge in [0.1, 0.15) is 6.54 Å². The summed E-state index contributed by atoms with van der Waals surface area (Å²) in [5, 5.41) is 2.76. The normalized spacial score (nSPS) is 11.0. The molecule has 0 spiro atoms. The Morgan fingerprint density at radius 3 is 2.39 bits per heavy atom. The Balaban J connectivity index is 1.85. The Labute approximate surface area is 164 Å². The summed E-state index contributed by atoms with van der Waals surface area (Å²) in [5.41, 5.74) is 2.24. The standard InChI is InChI=1S/C21H21N3O3S/c1-17-6-5-7-19(14-17)24(28(26,27)20-8-3-2-4-9-20)16-21(25)23-15-18-10-12-22-13-11-18/h2-14H,15-16H2,1H3,(H,23,25). The number of nitrogens with zero attached hydrogens (tertiary/aromatic N) is 2. The summed E-state index contributed by atoms with van der Waals surface area (Å²) in [5.74, 6) is -0.391. The van der Waals surface area contributed by atoms with Crippen LogP contribution in [0.25, 0.3) is 0 Å². The van der Waals surface area contributed by atoms with Gasteiger partial charge in [-0.05, 0) is 54.4 Å². The van der Waals surface area contributed by atoms with Crippen LogP contribution in [0, 0.1) is 6.92 Å². The molecule has 0 saturated heterocycles. The van der Waals surface area contributed by atoms with E-state index in [0.29, 0.717) is 12.2 Å². The summed E-state index contributed by atoms with van der Waals surface area (Å²) < 4.78 is 27.5. The van der Waals surface area contributed by atoms with Gasteiger partial charge in [-0.15, -0.1) is 0 Å². The number of benzene rings is 2. The Morgan fingerprint density at radius 1 is 1.00 bits per heavy atom. The van der Waals surface area contributed by atoms with Gasteiger partial charge in [0, 0.05) is 18.9 Å². The molecular formula is C21H21N3O3S. The van der Waals surface area contributed by atoms with Gasteiger partial charge in [0.25, 0.3) is 10.0 Å². The first-order valence-electron chi connectivity index (χ1n) is 8.77. The highest BCUT2D eigenvalue weighted by Crippen LogP contribution is 2.24. The second kappa shape index (κ2) is 8.67. The number of nitrogens with one attached hydrogen (secondary N) is 1. The lowest BCUT2D eigenvalue weighted by Crippen LogP contribution is -2.40. The zero-order valence-electron chi connectivity index (χ0n) is 15.4. The third-order valence-electron chi connectivity index (χ3n) is 4.15. The van der Waals surface area contributed by atoms with Crippen LogP contribution in [0.5, 0.6) is 0 Å². The van der Waals surface area contributed by atoms with E-state index in [1.165, 1.54) is 12.1 Å². The van der Waals surface area contributed by atoms with Crippen molar-refractivity contribution in [2.45, 2.75) is 18.4 Å². The molecule has 0 unspecified atom stereocenters. The van der Waals surface area contributed by atoms with Crippen LogP contribution in [0.1, 0.15) is 11.1 Å². The summed E-state index contributed by atoms with van der Waals surface area (Å²) in [4.78, 5) is 16.6. The van der Waals surface area contributed by atoms with E-state index >= 15 is 0 Å². The van der Waals surface area contributed by atoms with Crippen LogP contribution in [0.15, 0.2) is 84.0 Å². The minimum absolute atomic E-state index is 0.137. The van der Waals surface area contributed by atoms with Crippen LogP contribution in [-0.4, -0.2) is 25.9 Å². The largest absolute Gasteiger partial charge is 0.350 e. The lowest BCUT2D eigenvalue weighted by atomic mass is 10.2. The quantitative estimate of drug-likeness (QED) is 0.667. The average molecular weight is 395 g/mol. The van der Waals surface area contributed by atoms with Crippen molar-refractivity contribution in [2.75, 3.05) is 10.8 Å². The fourth-order valence-electron chi connectivity index (χ4n) is 2.71. The Kier molecular flexibility index (Phi) is 6.06. The third kappa shape index (κ3) is 4.75. The highest BCUT2D eigenvalue weighted by molar-refractivity contribution is 7.92. The average Bonchev–Trinajstić information content (AvgIpc) is 2.72. The predicted octanol–water partition coefficient (Wildman–Crippen LogP) is 2.90. The second-order valence-electron chi connectivity index (χ2n) is 6.30. The molecule has 0 atom stereocenters. The van der Waals surface area contributed by atoms with Gasteiger partial charge in [-0.3, -0.25) is 14.1 Å². The monoisotopic (exact) mass is 395 g/mol. The maximum atomic E-state index is 13.2. The van der Waals surface area contributed by atoms with Gasteiger partial charge in [-0.25, -0.2) is 8.42 Å². The van der Waals surface area contributed by atoms with E-state index in [2.05, 4.69) is 10.3 Å². The van der Waals surface area contributed by atoms with Crippen molar-refractivity contribution in [3.63, 3.8) is 0 Å². The van der Waals surface area contributed by atoms with E-state index in [4.69, 9.17) is 0 Å². The number of amides is 1. The summed E-state index contributed by atoms with van der Waals surface area (Å²) >= 11 is 0. The zero-order chi connectivity index (χ0) is 20.0. The number of carbonyl (C=O) groups is 1. The Bertz CT molecular complexity index is 1040. The molecule has 144 valence electrons. The highest BCUT2D eigenvalue weighted by atomic mass is 32.2. The fourth-order valence-corrected chi connectivity index (χ4v) is 4.14. The van der Waals surface area contributed by atoms with Crippen LogP contribution in [0.3, 0.4) is 0 Å². The summed E-state index contributed by atoms with van der Waals surface area (Å²) in [7, 11) is -3.89. The topological polar surface area (TPSA) is 79.4 Å². The van der Waals surface area contributed by atoms with Gasteiger partial charge >= 0.3 is 0 Å². The number of hydrogen-bond donors (Lipinski definition) is 1. The van der Waals surface area contributed by atoms with Crippen molar-refractivity contribution in [3.05, 3.63) is 90.3 Å². The number of carbonyl (C=O) groups excluding carboxylic acids is 1. The van der Waals surface area contributed by atoms with E-state index in [9.17, 15) is 13.2 Å². The molecule has 0 bridgehead atoms. The van der Waals surface area contributed by atoms with Gasteiger partial charge in [-0.2, -0.15) is 0 Å². The van der Waals surface area contributed by atoms with Crippen molar-refractivity contribution in [1.29, 1.82) is 0 Å². The van der Waals surface area contributed by atoms with Crippen LogP contribution in [0.2, 0.25) is 0 Å². The van der Waals surface area contributed by atoms with Crippen LogP contribution >= 0.6 is 0 Å². The van der Waals surface area contributed by atoms with Gasteiger partial charge in [0.15, 0.2) is 0 Å². The smallest absolute Gasteiger partial charge is 0.264 e. The van der Waals surface area contributed by atoms with Crippen molar-refractivity contribution in [1.82, 2.24) is 10.3 Å². The number of rotatable bonds is 7. The number of aromatic nitrogens is 1. The van der Waals surface area contributed by atoms with E-state index in [0.717, 1.165) is 15.4 Å². The molecule has 1 N–H and O–H groups in total. The first-order valence-corrected chi connectivity index (χ1v) is 10.2. The molecule has 0 aliphatic carbocycles. The molecule has 0 fully saturated rings. The molecule has 2 aromatic carbocycles. The zero-order valence-corrected chi connectivity index (χ0v) is 16.3. The number of pyridine rings is 1. The number of sulfonamides is 1. The van der Waals surface area contributed by atoms with Crippen molar-refractivity contribution in [2.24, 2.45) is 0 Å². The number of hydrogen-bond acceptors (Lipinski definition) is 4. The van der Waals surface area contributed by atoms with E-state index in [-0.39, 0.29) is 11.4 Å². The molecule has 28 heavy (non-hydrogen) atoms. The maximum absolute atomic E-state index is 13.2. The SMILES string of the molecule is Cc1cccc(N(CC(=O)NCc2ccncc2)S(=O)(=O)c2ccccc2)c1. The summed E-state index contributed by atoms with van der Waals surface area (Å²) in [6.07, 6.45) is 3.28. The summed E-state index contributed by atoms with van der Waals surface area (Å²) in [6.45, 7) is 1.86. The fraction of sp³-hybridized carbons (Fsp3) is 0.143.